The van der Waals surface area contributed by atoms with Crippen LogP contribution in [-0.2, 0) is 9.59 Å². The van der Waals surface area contributed by atoms with E-state index in [0.29, 0.717) is 13.1 Å². The highest BCUT2D eigenvalue weighted by atomic mass is 32.2. The van der Waals surface area contributed by atoms with Gasteiger partial charge in [-0.2, -0.15) is 0 Å². The molecule has 2 N–H and O–H groups in total. The number of hydrogen-bond donors (Lipinski definition) is 2. The molecule has 0 aromatic rings. The summed E-state index contributed by atoms with van der Waals surface area (Å²) in [5.74, 6) is 1.08. The van der Waals surface area contributed by atoms with Crippen molar-refractivity contribution in [1.82, 2.24) is 15.5 Å². The maximum absolute atomic E-state index is 12.7. The normalized spacial score (nSPS) is 32.3. The molecule has 2 fully saturated rings. The molecule has 0 bridgehead atoms. The third-order valence-electron chi connectivity index (χ3n) is 3.72. The zero-order valence-corrected chi connectivity index (χ0v) is 11.8. The van der Waals surface area contributed by atoms with Crippen molar-refractivity contribution >= 4 is 23.6 Å². The van der Waals surface area contributed by atoms with Gasteiger partial charge >= 0.3 is 0 Å². The molecule has 2 amide bonds. The molecule has 2 saturated heterocycles. The summed E-state index contributed by atoms with van der Waals surface area (Å²) in [7, 11) is 1.62. The Morgan fingerprint density at radius 2 is 2.28 bits per heavy atom. The van der Waals surface area contributed by atoms with E-state index in [1.54, 1.807) is 23.7 Å². The van der Waals surface area contributed by atoms with Gasteiger partial charge in [-0.05, 0) is 25.5 Å². The summed E-state index contributed by atoms with van der Waals surface area (Å²) in [6, 6.07) is -0.366. The van der Waals surface area contributed by atoms with E-state index < -0.39 is 0 Å². The van der Waals surface area contributed by atoms with Crippen LogP contribution in [0, 0.1) is 0 Å². The Morgan fingerprint density at radius 1 is 1.50 bits per heavy atom. The van der Waals surface area contributed by atoms with Crippen LogP contribution >= 0.6 is 11.8 Å². The van der Waals surface area contributed by atoms with Crippen LogP contribution in [0.25, 0.3) is 0 Å². The third-order valence-corrected chi connectivity index (χ3v) is 5.23. The average molecular weight is 271 g/mol. The number of nitrogens with zero attached hydrogens (tertiary/aromatic N) is 1. The minimum atomic E-state index is -0.366. The van der Waals surface area contributed by atoms with Gasteiger partial charge in [0.1, 0.15) is 6.04 Å². The van der Waals surface area contributed by atoms with Gasteiger partial charge in [0.25, 0.3) is 0 Å². The van der Waals surface area contributed by atoms with Gasteiger partial charge in [-0.25, -0.2) is 0 Å². The molecular formula is C12H21N3O2S. The molecular weight excluding hydrogens is 250 g/mol. The molecule has 6 heteroatoms. The molecule has 2 heterocycles. The first-order valence-electron chi connectivity index (χ1n) is 6.46. The monoisotopic (exact) mass is 271 g/mol. The Kier molecular flexibility index (Phi) is 4.17. The smallest absolute Gasteiger partial charge is 0.243 e. The first-order valence-corrected chi connectivity index (χ1v) is 7.44. The van der Waals surface area contributed by atoms with Crippen LogP contribution in [0.1, 0.15) is 19.8 Å². The van der Waals surface area contributed by atoms with Crippen molar-refractivity contribution in [3.8, 4) is 0 Å². The fourth-order valence-corrected chi connectivity index (χ4v) is 3.87. The van der Waals surface area contributed by atoms with Gasteiger partial charge in [0, 0.05) is 26.7 Å². The number of amides is 2. The maximum atomic E-state index is 12.7. The summed E-state index contributed by atoms with van der Waals surface area (Å²) >= 11 is 1.72. The van der Waals surface area contributed by atoms with Gasteiger partial charge in [-0.1, -0.05) is 0 Å². The van der Waals surface area contributed by atoms with Crippen LogP contribution in [0.15, 0.2) is 0 Å². The summed E-state index contributed by atoms with van der Waals surface area (Å²) in [5, 5.41) is 5.82. The number of nitrogens with one attached hydrogen (secondary N) is 2. The largest absolute Gasteiger partial charge is 0.357 e. The van der Waals surface area contributed by atoms with Crippen molar-refractivity contribution in [2.45, 2.75) is 30.6 Å². The van der Waals surface area contributed by atoms with Gasteiger partial charge in [0.2, 0.25) is 11.8 Å². The van der Waals surface area contributed by atoms with E-state index in [4.69, 9.17) is 0 Å². The van der Waals surface area contributed by atoms with Crippen molar-refractivity contribution in [3.05, 3.63) is 0 Å². The zero-order chi connectivity index (χ0) is 13.2. The SMILES string of the molecule is CNC(=O)C1CNCCN1C(=O)C1(C)CCCS1. The summed E-state index contributed by atoms with van der Waals surface area (Å²) in [4.78, 5) is 26.3. The lowest BCUT2D eigenvalue weighted by atomic mass is 10.0. The van der Waals surface area contributed by atoms with Gasteiger partial charge in [0.05, 0.1) is 4.75 Å². The second kappa shape index (κ2) is 5.48. The number of hydrogen-bond acceptors (Lipinski definition) is 4. The van der Waals surface area contributed by atoms with Gasteiger partial charge in [0.15, 0.2) is 0 Å². The van der Waals surface area contributed by atoms with Crippen LogP contribution in [0.3, 0.4) is 0 Å². The molecule has 0 spiro atoms. The second-order valence-corrected chi connectivity index (χ2v) is 6.61. The van der Waals surface area contributed by atoms with E-state index in [-0.39, 0.29) is 22.6 Å². The van der Waals surface area contributed by atoms with Crippen molar-refractivity contribution in [1.29, 1.82) is 0 Å². The quantitative estimate of drug-likeness (QED) is 0.731. The molecule has 18 heavy (non-hydrogen) atoms. The molecule has 0 aromatic carbocycles. The summed E-state index contributed by atoms with van der Waals surface area (Å²) < 4.78 is -0.330. The van der Waals surface area contributed by atoms with Crippen LogP contribution in [-0.4, -0.2) is 59.9 Å². The fraction of sp³-hybridized carbons (Fsp3) is 0.833. The number of likely N-dealkylation sites (N-methyl/N-ethyl adjacent to an activating group) is 1. The number of piperazine rings is 1. The summed E-state index contributed by atoms with van der Waals surface area (Å²) in [5.41, 5.74) is 0. The van der Waals surface area contributed by atoms with Crippen LogP contribution in [0.5, 0.6) is 0 Å². The highest BCUT2D eigenvalue weighted by molar-refractivity contribution is 8.01. The Labute approximate surface area is 112 Å². The number of thioether (sulfide) groups is 1. The summed E-state index contributed by atoms with van der Waals surface area (Å²) in [6.07, 6.45) is 2.00. The molecule has 5 nitrogen and oxygen atoms in total. The van der Waals surface area contributed by atoms with E-state index in [1.165, 1.54) is 0 Å². The minimum Gasteiger partial charge on any atom is -0.357 e. The van der Waals surface area contributed by atoms with Crippen molar-refractivity contribution in [3.63, 3.8) is 0 Å². The van der Waals surface area contributed by atoms with E-state index in [9.17, 15) is 9.59 Å². The lowest BCUT2D eigenvalue weighted by Crippen LogP contribution is -2.62. The predicted octanol–water partition coefficient (Wildman–Crippen LogP) is -0.181. The maximum Gasteiger partial charge on any atom is 0.243 e. The van der Waals surface area contributed by atoms with Crippen molar-refractivity contribution in [2.24, 2.45) is 0 Å². The molecule has 2 aliphatic heterocycles. The lowest BCUT2D eigenvalue weighted by Gasteiger charge is -2.39. The first-order chi connectivity index (χ1) is 8.58. The highest BCUT2D eigenvalue weighted by Gasteiger charge is 2.43. The van der Waals surface area contributed by atoms with Crippen LogP contribution in [0.4, 0.5) is 0 Å². The molecule has 0 aromatic heterocycles. The molecule has 0 saturated carbocycles. The molecule has 0 radical (unpaired) electrons. The van der Waals surface area contributed by atoms with Crippen LogP contribution < -0.4 is 10.6 Å². The predicted molar refractivity (Wildman–Crippen MR) is 72.5 cm³/mol. The molecule has 2 unspecified atom stereocenters. The topological polar surface area (TPSA) is 61.4 Å². The molecule has 102 valence electrons. The van der Waals surface area contributed by atoms with Crippen LogP contribution in [0.2, 0.25) is 0 Å². The second-order valence-electron chi connectivity index (χ2n) is 5.02. The molecule has 2 aliphatic rings. The van der Waals surface area contributed by atoms with E-state index in [2.05, 4.69) is 10.6 Å². The van der Waals surface area contributed by atoms with E-state index in [0.717, 1.165) is 25.1 Å². The number of carbonyl (C=O) groups is 2. The number of carbonyl (C=O) groups excluding carboxylic acids is 2. The zero-order valence-electron chi connectivity index (χ0n) is 11.0. The number of rotatable bonds is 2. The highest BCUT2D eigenvalue weighted by Crippen LogP contribution is 2.39. The molecule has 2 atom stereocenters. The van der Waals surface area contributed by atoms with Crippen molar-refractivity contribution < 1.29 is 9.59 Å². The van der Waals surface area contributed by atoms with E-state index >= 15 is 0 Å². The summed E-state index contributed by atoms with van der Waals surface area (Å²) in [6.45, 7) is 3.94. The Bertz CT molecular complexity index is 342. The van der Waals surface area contributed by atoms with Gasteiger partial charge in [-0.15, -0.1) is 11.8 Å². The molecule has 0 aliphatic carbocycles. The third kappa shape index (κ3) is 2.49. The fourth-order valence-electron chi connectivity index (χ4n) is 2.60. The standard InChI is InChI=1S/C12H21N3O2S/c1-12(4-3-7-18-12)11(17)15-6-5-14-8-9(15)10(16)13-2/h9,14H,3-8H2,1-2H3,(H,13,16). The minimum absolute atomic E-state index is 0.0813. The Balaban J connectivity index is 2.13. The van der Waals surface area contributed by atoms with Gasteiger partial charge < -0.3 is 15.5 Å². The first kappa shape index (κ1) is 13.7. The Morgan fingerprint density at radius 3 is 2.89 bits per heavy atom. The Hall–Kier alpha value is -0.750. The van der Waals surface area contributed by atoms with E-state index in [1.807, 2.05) is 6.92 Å². The lowest BCUT2D eigenvalue weighted by molar-refractivity contribution is -0.143. The van der Waals surface area contributed by atoms with Gasteiger partial charge in [-0.3, -0.25) is 9.59 Å². The average Bonchev–Trinajstić information content (AvgIpc) is 2.85. The molecule has 2 rings (SSSR count). The van der Waals surface area contributed by atoms with Crippen molar-refractivity contribution in [2.75, 3.05) is 32.4 Å².